The first-order valence-corrected chi connectivity index (χ1v) is 6.59. The van der Waals surface area contributed by atoms with Gasteiger partial charge in [-0.3, -0.25) is 4.79 Å². The SMILES string of the molecule is O=C(COC(=O)c1cc(F)cc(F)c1)NCc1ccccc1F. The predicted octanol–water partition coefficient (Wildman–Crippen LogP) is 2.58. The monoisotopic (exact) mass is 323 g/mol. The van der Waals surface area contributed by atoms with E-state index in [-0.39, 0.29) is 17.7 Å². The number of carbonyl (C=O) groups excluding carboxylic acids is 2. The summed E-state index contributed by atoms with van der Waals surface area (Å²) in [6.45, 7) is -0.719. The van der Waals surface area contributed by atoms with Crippen molar-refractivity contribution in [2.24, 2.45) is 0 Å². The van der Waals surface area contributed by atoms with E-state index in [0.717, 1.165) is 12.1 Å². The molecular weight excluding hydrogens is 311 g/mol. The molecule has 23 heavy (non-hydrogen) atoms. The average molecular weight is 323 g/mol. The van der Waals surface area contributed by atoms with E-state index in [0.29, 0.717) is 6.07 Å². The average Bonchev–Trinajstić information content (AvgIpc) is 2.51. The molecule has 0 heterocycles. The Balaban J connectivity index is 1.84. The summed E-state index contributed by atoms with van der Waals surface area (Å²) in [5, 5.41) is 2.37. The Hall–Kier alpha value is -2.83. The number of hydrogen-bond donors (Lipinski definition) is 1. The summed E-state index contributed by atoms with van der Waals surface area (Å²) in [6, 6.07) is 8.07. The van der Waals surface area contributed by atoms with Crippen molar-refractivity contribution in [3.05, 3.63) is 71.0 Å². The molecule has 1 amide bonds. The van der Waals surface area contributed by atoms with Crippen LogP contribution >= 0.6 is 0 Å². The van der Waals surface area contributed by atoms with E-state index in [9.17, 15) is 22.8 Å². The standard InChI is InChI=1S/C16H12F3NO3/c17-12-5-11(6-13(18)7-12)16(22)23-9-15(21)20-8-10-3-1-2-4-14(10)19/h1-7H,8-9H2,(H,20,21). The molecule has 0 saturated heterocycles. The summed E-state index contributed by atoms with van der Waals surface area (Å²) in [5.74, 6) is -4.04. The van der Waals surface area contributed by atoms with Gasteiger partial charge in [0.15, 0.2) is 6.61 Å². The number of carbonyl (C=O) groups is 2. The molecule has 0 saturated carbocycles. The Morgan fingerprint density at radius 1 is 1.00 bits per heavy atom. The maximum atomic E-state index is 13.3. The fourth-order valence-corrected chi connectivity index (χ4v) is 1.77. The number of hydrogen-bond acceptors (Lipinski definition) is 3. The van der Waals surface area contributed by atoms with Gasteiger partial charge in [0, 0.05) is 18.2 Å². The number of esters is 1. The van der Waals surface area contributed by atoms with Gasteiger partial charge in [-0.15, -0.1) is 0 Å². The molecule has 0 unspecified atom stereocenters. The Bertz CT molecular complexity index is 714. The van der Waals surface area contributed by atoms with Crippen LogP contribution in [0.4, 0.5) is 13.2 Å². The van der Waals surface area contributed by atoms with Crippen molar-refractivity contribution in [3.63, 3.8) is 0 Å². The van der Waals surface area contributed by atoms with Crippen LogP contribution in [0.15, 0.2) is 42.5 Å². The second-order valence-corrected chi connectivity index (χ2v) is 4.60. The molecule has 2 aromatic carbocycles. The van der Waals surface area contributed by atoms with Gasteiger partial charge in [-0.25, -0.2) is 18.0 Å². The van der Waals surface area contributed by atoms with E-state index in [4.69, 9.17) is 0 Å². The van der Waals surface area contributed by atoms with E-state index in [2.05, 4.69) is 10.1 Å². The maximum Gasteiger partial charge on any atom is 0.338 e. The third kappa shape index (κ3) is 4.84. The number of ether oxygens (including phenoxy) is 1. The Kier molecular flexibility index (Phi) is 5.35. The van der Waals surface area contributed by atoms with Crippen LogP contribution < -0.4 is 5.32 Å². The maximum absolute atomic E-state index is 13.3. The van der Waals surface area contributed by atoms with E-state index < -0.39 is 35.9 Å². The minimum Gasteiger partial charge on any atom is -0.452 e. The fraction of sp³-hybridized carbons (Fsp3) is 0.125. The number of amides is 1. The molecule has 1 N–H and O–H groups in total. The summed E-state index contributed by atoms with van der Waals surface area (Å²) < 4.78 is 43.9. The fourth-order valence-electron chi connectivity index (χ4n) is 1.77. The van der Waals surface area contributed by atoms with Crippen molar-refractivity contribution in [2.75, 3.05) is 6.61 Å². The Morgan fingerprint density at radius 2 is 1.65 bits per heavy atom. The molecule has 0 aliphatic rings. The van der Waals surface area contributed by atoms with Crippen LogP contribution in [0, 0.1) is 17.5 Å². The van der Waals surface area contributed by atoms with E-state index in [1.165, 1.54) is 18.2 Å². The predicted molar refractivity (Wildman–Crippen MR) is 74.9 cm³/mol. The normalized spacial score (nSPS) is 10.2. The summed E-state index contributed by atoms with van der Waals surface area (Å²) in [6.07, 6.45) is 0. The van der Waals surface area contributed by atoms with Gasteiger partial charge in [-0.1, -0.05) is 18.2 Å². The second-order valence-electron chi connectivity index (χ2n) is 4.60. The van der Waals surface area contributed by atoms with Gasteiger partial charge in [-0.05, 0) is 18.2 Å². The minimum absolute atomic E-state index is 0.0718. The zero-order valence-corrected chi connectivity index (χ0v) is 11.8. The lowest BCUT2D eigenvalue weighted by atomic mass is 10.2. The molecule has 120 valence electrons. The minimum atomic E-state index is -1.04. The van der Waals surface area contributed by atoms with Crippen LogP contribution in [0.5, 0.6) is 0 Å². The largest absolute Gasteiger partial charge is 0.452 e. The van der Waals surface area contributed by atoms with Gasteiger partial charge >= 0.3 is 5.97 Å². The van der Waals surface area contributed by atoms with Crippen molar-refractivity contribution in [1.82, 2.24) is 5.32 Å². The van der Waals surface area contributed by atoms with Crippen LogP contribution in [0.2, 0.25) is 0 Å². The third-order valence-corrected chi connectivity index (χ3v) is 2.87. The van der Waals surface area contributed by atoms with Crippen LogP contribution in [-0.2, 0) is 16.1 Å². The van der Waals surface area contributed by atoms with Gasteiger partial charge in [-0.2, -0.15) is 0 Å². The van der Waals surface area contributed by atoms with Crippen molar-refractivity contribution >= 4 is 11.9 Å². The van der Waals surface area contributed by atoms with Crippen LogP contribution in [0.3, 0.4) is 0 Å². The molecule has 7 heteroatoms. The zero-order valence-electron chi connectivity index (χ0n) is 11.8. The lowest BCUT2D eigenvalue weighted by Crippen LogP contribution is -2.28. The van der Waals surface area contributed by atoms with E-state index >= 15 is 0 Å². The number of halogens is 3. The summed E-state index contributed by atoms with van der Waals surface area (Å²) in [7, 11) is 0. The third-order valence-electron chi connectivity index (χ3n) is 2.87. The van der Waals surface area contributed by atoms with Gasteiger partial charge < -0.3 is 10.1 Å². The quantitative estimate of drug-likeness (QED) is 0.861. The first-order valence-electron chi connectivity index (χ1n) is 6.59. The summed E-state index contributed by atoms with van der Waals surface area (Å²) >= 11 is 0. The van der Waals surface area contributed by atoms with Gasteiger partial charge in [0.1, 0.15) is 17.5 Å². The molecule has 0 fully saturated rings. The molecule has 0 spiro atoms. The topological polar surface area (TPSA) is 55.4 Å². The molecule has 2 rings (SSSR count). The highest BCUT2D eigenvalue weighted by atomic mass is 19.1. The van der Waals surface area contributed by atoms with Crippen molar-refractivity contribution < 1.29 is 27.5 Å². The summed E-state index contributed by atoms with van der Waals surface area (Å²) in [5.41, 5.74) is -0.0659. The number of benzene rings is 2. The lowest BCUT2D eigenvalue weighted by Gasteiger charge is -2.07. The Labute approximate surface area is 129 Å². The van der Waals surface area contributed by atoms with Gasteiger partial charge in [0.25, 0.3) is 5.91 Å². The smallest absolute Gasteiger partial charge is 0.338 e. The highest BCUT2D eigenvalue weighted by molar-refractivity contribution is 5.91. The molecule has 0 atom stereocenters. The molecule has 0 aromatic heterocycles. The van der Waals surface area contributed by atoms with E-state index in [1.807, 2.05) is 0 Å². The molecule has 0 aliphatic heterocycles. The molecule has 0 radical (unpaired) electrons. The first-order chi connectivity index (χ1) is 11.0. The zero-order chi connectivity index (χ0) is 16.8. The molecule has 0 aliphatic carbocycles. The highest BCUT2D eigenvalue weighted by Crippen LogP contribution is 2.09. The summed E-state index contributed by atoms with van der Waals surface area (Å²) in [4.78, 5) is 23.1. The lowest BCUT2D eigenvalue weighted by molar-refractivity contribution is -0.124. The second kappa shape index (κ2) is 7.44. The molecule has 0 bridgehead atoms. The van der Waals surface area contributed by atoms with Gasteiger partial charge in [0.05, 0.1) is 5.56 Å². The number of rotatable bonds is 5. The van der Waals surface area contributed by atoms with E-state index in [1.54, 1.807) is 6.07 Å². The number of nitrogens with one attached hydrogen (secondary N) is 1. The van der Waals surface area contributed by atoms with Gasteiger partial charge in [0.2, 0.25) is 0 Å². The van der Waals surface area contributed by atoms with Crippen LogP contribution in [-0.4, -0.2) is 18.5 Å². The molecular formula is C16H12F3NO3. The van der Waals surface area contributed by atoms with Crippen molar-refractivity contribution in [3.8, 4) is 0 Å². The molecule has 4 nitrogen and oxygen atoms in total. The molecule has 2 aromatic rings. The van der Waals surface area contributed by atoms with Crippen molar-refractivity contribution in [2.45, 2.75) is 6.54 Å². The van der Waals surface area contributed by atoms with Crippen LogP contribution in [0.1, 0.15) is 15.9 Å². The highest BCUT2D eigenvalue weighted by Gasteiger charge is 2.13. The Morgan fingerprint density at radius 3 is 2.30 bits per heavy atom. The van der Waals surface area contributed by atoms with Crippen molar-refractivity contribution in [1.29, 1.82) is 0 Å². The first kappa shape index (κ1) is 16.5. The van der Waals surface area contributed by atoms with Crippen LogP contribution in [0.25, 0.3) is 0 Å².